The minimum atomic E-state index is -0.794. The van der Waals surface area contributed by atoms with Gasteiger partial charge in [-0.2, -0.15) is 0 Å². The molecule has 0 radical (unpaired) electrons. The number of ether oxygens (including phenoxy) is 1. The molecular formula is C17H31NO3. The second-order valence-corrected chi connectivity index (χ2v) is 7.57. The zero-order valence-corrected chi connectivity index (χ0v) is 13.7. The molecule has 0 aromatic carbocycles. The molecule has 3 atom stereocenters. The van der Waals surface area contributed by atoms with Gasteiger partial charge in [0.15, 0.2) is 0 Å². The molecule has 0 aromatic heterocycles. The fraction of sp³-hybridized carbons (Fsp3) is 0.941. The van der Waals surface area contributed by atoms with E-state index in [2.05, 4.69) is 19.2 Å². The highest BCUT2D eigenvalue weighted by atomic mass is 16.5. The van der Waals surface area contributed by atoms with Crippen LogP contribution < -0.4 is 5.32 Å². The van der Waals surface area contributed by atoms with E-state index in [0.29, 0.717) is 25.2 Å². The minimum absolute atomic E-state index is 0.372. The zero-order valence-electron chi connectivity index (χ0n) is 13.7. The Kier molecular flexibility index (Phi) is 5.67. The van der Waals surface area contributed by atoms with Gasteiger partial charge in [0, 0.05) is 12.6 Å². The number of hydrogen-bond acceptors (Lipinski definition) is 3. The molecule has 0 aliphatic heterocycles. The van der Waals surface area contributed by atoms with Gasteiger partial charge in [0.2, 0.25) is 0 Å². The summed E-state index contributed by atoms with van der Waals surface area (Å²) in [4.78, 5) is 11.5. The first-order chi connectivity index (χ1) is 9.89. The fourth-order valence-electron chi connectivity index (χ4n) is 3.60. The first kappa shape index (κ1) is 16.8. The Morgan fingerprint density at radius 1 is 1.24 bits per heavy atom. The molecular weight excluding hydrogens is 266 g/mol. The van der Waals surface area contributed by atoms with Gasteiger partial charge in [-0.25, -0.2) is 0 Å². The summed E-state index contributed by atoms with van der Waals surface area (Å²) in [5.41, 5.74) is -0.794. The van der Waals surface area contributed by atoms with Gasteiger partial charge in [-0.05, 0) is 63.7 Å². The van der Waals surface area contributed by atoms with E-state index in [1.807, 2.05) is 0 Å². The largest absolute Gasteiger partial charge is 0.480 e. The van der Waals surface area contributed by atoms with Crippen LogP contribution in [0.15, 0.2) is 0 Å². The molecule has 4 nitrogen and oxygen atoms in total. The van der Waals surface area contributed by atoms with Gasteiger partial charge >= 0.3 is 5.97 Å². The SMILES string of the molecule is CC1CC(C)CC(OCCCC(C)(NC2CC2)C(=O)O)C1. The molecule has 2 rings (SSSR count). The van der Waals surface area contributed by atoms with Crippen molar-refractivity contribution in [2.45, 2.75) is 83.4 Å². The molecule has 4 heteroatoms. The second-order valence-electron chi connectivity index (χ2n) is 7.57. The average Bonchev–Trinajstić information content (AvgIpc) is 3.17. The predicted molar refractivity (Wildman–Crippen MR) is 83.4 cm³/mol. The van der Waals surface area contributed by atoms with E-state index in [-0.39, 0.29) is 0 Å². The maximum absolute atomic E-state index is 11.5. The highest BCUT2D eigenvalue weighted by Crippen LogP contribution is 2.30. The molecule has 122 valence electrons. The van der Waals surface area contributed by atoms with E-state index in [1.165, 1.54) is 6.42 Å². The van der Waals surface area contributed by atoms with Crippen LogP contribution in [0.25, 0.3) is 0 Å². The van der Waals surface area contributed by atoms with Crippen LogP contribution in [-0.2, 0) is 9.53 Å². The summed E-state index contributed by atoms with van der Waals surface area (Å²) in [6, 6.07) is 0.409. The van der Waals surface area contributed by atoms with Gasteiger partial charge < -0.3 is 9.84 Å². The van der Waals surface area contributed by atoms with Crippen molar-refractivity contribution in [2.75, 3.05) is 6.61 Å². The summed E-state index contributed by atoms with van der Waals surface area (Å²) in [6.07, 6.45) is 7.65. The summed E-state index contributed by atoms with van der Waals surface area (Å²) < 4.78 is 6.00. The van der Waals surface area contributed by atoms with Crippen molar-refractivity contribution >= 4 is 5.97 Å². The van der Waals surface area contributed by atoms with Crippen molar-refractivity contribution in [3.63, 3.8) is 0 Å². The minimum Gasteiger partial charge on any atom is -0.480 e. The van der Waals surface area contributed by atoms with Crippen LogP contribution in [-0.4, -0.2) is 35.4 Å². The standard InChI is InChI=1S/C17H31NO3/c1-12-9-13(2)11-15(10-12)21-8-4-7-17(3,16(19)20)18-14-5-6-14/h12-15,18H,4-11H2,1-3H3,(H,19,20). The second kappa shape index (κ2) is 7.10. The van der Waals surface area contributed by atoms with Crippen molar-refractivity contribution in [3.05, 3.63) is 0 Å². The average molecular weight is 297 g/mol. The third-order valence-electron chi connectivity index (χ3n) is 4.88. The Hall–Kier alpha value is -0.610. The number of carboxylic acids is 1. The molecule has 0 aromatic rings. The molecule has 2 saturated carbocycles. The van der Waals surface area contributed by atoms with E-state index in [4.69, 9.17) is 4.74 Å². The number of rotatable bonds is 8. The number of carbonyl (C=O) groups is 1. The molecule has 2 fully saturated rings. The Bertz CT molecular complexity index is 346. The van der Waals surface area contributed by atoms with Crippen LogP contribution in [0, 0.1) is 11.8 Å². The van der Waals surface area contributed by atoms with Gasteiger partial charge in [0.25, 0.3) is 0 Å². The van der Waals surface area contributed by atoms with Gasteiger partial charge in [-0.1, -0.05) is 13.8 Å². The quantitative estimate of drug-likeness (QED) is 0.675. The third kappa shape index (κ3) is 5.26. The highest BCUT2D eigenvalue weighted by Gasteiger charge is 2.38. The molecule has 21 heavy (non-hydrogen) atoms. The maximum Gasteiger partial charge on any atom is 0.323 e. The van der Waals surface area contributed by atoms with Crippen LogP contribution in [0.3, 0.4) is 0 Å². The van der Waals surface area contributed by atoms with Crippen LogP contribution in [0.4, 0.5) is 0 Å². The Labute approximate surface area is 128 Å². The Balaban J connectivity index is 1.68. The lowest BCUT2D eigenvalue weighted by molar-refractivity contribution is -0.144. The summed E-state index contributed by atoms with van der Waals surface area (Å²) in [5.74, 6) is 0.758. The zero-order chi connectivity index (χ0) is 15.5. The summed E-state index contributed by atoms with van der Waals surface area (Å²) in [5, 5.41) is 12.7. The molecule has 0 spiro atoms. The van der Waals surface area contributed by atoms with E-state index in [0.717, 1.165) is 43.9 Å². The van der Waals surface area contributed by atoms with E-state index in [9.17, 15) is 9.90 Å². The van der Waals surface area contributed by atoms with E-state index in [1.54, 1.807) is 6.92 Å². The lowest BCUT2D eigenvalue weighted by Gasteiger charge is -2.32. The van der Waals surface area contributed by atoms with Gasteiger partial charge in [0.1, 0.15) is 5.54 Å². The molecule has 2 N–H and O–H groups in total. The van der Waals surface area contributed by atoms with Crippen molar-refractivity contribution in [2.24, 2.45) is 11.8 Å². The molecule has 0 heterocycles. The monoisotopic (exact) mass is 297 g/mol. The van der Waals surface area contributed by atoms with Crippen LogP contribution >= 0.6 is 0 Å². The lowest BCUT2D eigenvalue weighted by atomic mass is 9.82. The molecule has 0 bridgehead atoms. The number of hydrogen-bond donors (Lipinski definition) is 2. The highest BCUT2D eigenvalue weighted by molar-refractivity contribution is 5.78. The topological polar surface area (TPSA) is 58.6 Å². The van der Waals surface area contributed by atoms with Crippen molar-refractivity contribution in [1.82, 2.24) is 5.32 Å². The molecule has 0 saturated heterocycles. The van der Waals surface area contributed by atoms with Crippen LogP contribution in [0.2, 0.25) is 0 Å². The van der Waals surface area contributed by atoms with Gasteiger partial charge in [-0.15, -0.1) is 0 Å². The number of aliphatic carboxylic acids is 1. The smallest absolute Gasteiger partial charge is 0.323 e. The predicted octanol–water partition coefficient (Wildman–Crippen LogP) is 3.20. The van der Waals surface area contributed by atoms with Crippen LogP contribution in [0.1, 0.15) is 65.7 Å². The molecule has 0 amide bonds. The third-order valence-corrected chi connectivity index (χ3v) is 4.88. The lowest BCUT2D eigenvalue weighted by Crippen LogP contribution is -2.50. The van der Waals surface area contributed by atoms with Crippen molar-refractivity contribution in [3.8, 4) is 0 Å². The number of carboxylic acid groups (broad SMARTS) is 1. The van der Waals surface area contributed by atoms with Crippen molar-refractivity contribution < 1.29 is 14.6 Å². The summed E-state index contributed by atoms with van der Waals surface area (Å²) >= 11 is 0. The van der Waals surface area contributed by atoms with E-state index >= 15 is 0 Å². The fourth-order valence-corrected chi connectivity index (χ4v) is 3.60. The van der Waals surface area contributed by atoms with Gasteiger partial charge in [-0.3, -0.25) is 10.1 Å². The molecule has 2 aliphatic carbocycles. The van der Waals surface area contributed by atoms with Gasteiger partial charge in [0.05, 0.1) is 6.10 Å². The maximum atomic E-state index is 11.5. The number of nitrogens with one attached hydrogen (secondary N) is 1. The Morgan fingerprint density at radius 3 is 2.38 bits per heavy atom. The Morgan fingerprint density at radius 2 is 1.86 bits per heavy atom. The normalized spacial score (nSPS) is 32.6. The summed E-state index contributed by atoms with van der Waals surface area (Å²) in [6.45, 7) is 7.08. The first-order valence-electron chi connectivity index (χ1n) is 8.52. The van der Waals surface area contributed by atoms with E-state index < -0.39 is 11.5 Å². The summed E-state index contributed by atoms with van der Waals surface area (Å²) in [7, 11) is 0. The molecule has 2 aliphatic rings. The molecule has 3 unspecified atom stereocenters. The van der Waals surface area contributed by atoms with Crippen LogP contribution in [0.5, 0.6) is 0 Å². The first-order valence-corrected chi connectivity index (χ1v) is 8.52. The van der Waals surface area contributed by atoms with Crippen molar-refractivity contribution in [1.29, 1.82) is 0 Å².